The van der Waals surface area contributed by atoms with Gasteiger partial charge in [-0.2, -0.15) is 0 Å². The zero-order valence-electron chi connectivity index (χ0n) is 12.1. The van der Waals surface area contributed by atoms with Gasteiger partial charge in [0.1, 0.15) is 11.3 Å². The molecule has 2 aromatic rings. The van der Waals surface area contributed by atoms with E-state index < -0.39 is 5.54 Å². The summed E-state index contributed by atoms with van der Waals surface area (Å²) in [5.74, 6) is 0.958. The van der Waals surface area contributed by atoms with Gasteiger partial charge in [-0.05, 0) is 12.5 Å². The maximum atomic E-state index is 9.50. The number of fused-ring (bicyclic) bond motifs is 1. The van der Waals surface area contributed by atoms with Gasteiger partial charge < -0.3 is 19.9 Å². The lowest BCUT2D eigenvalue weighted by atomic mass is 9.97. The molecule has 4 heteroatoms. The molecule has 0 fully saturated rings. The van der Waals surface area contributed by atoms with E-state index in [-0.39, 0.29) is 13.2 Å². The first-order valence-electron chi connectivity index (χ1n) is 7.15. The van der Waals surface area contributed by atoms with Crippen molar-refractivity contribution >= 4 is 11.0 Å². The highest BCUT2D eigenvalue weighted by Crippen LogP contribution is 2.26. The Bertz CT molecular complexity index is 550. The van der Waals surface area contributed by atoms with Gasteiger partial charge in [0.25, 0.3) is 0 Å². The Labute approximate surface area is 119 Å². The highest BCUT2D eigenvalue weighted by Gasteiger charge is 2.26. The normalized spacial score (nSPS) is 12.2. The zero-order valence-corrected chi connectivity index (χ0v) is 12.1. The minimum Gasteiger partial charge on any atom is -0.461 e. The number of aliphatic hydroxyl groups is 2. The van der Waals surface area contributed by atoms with Crippen molar-refractivity contribution in [2.24, 2.45) is 0 Å². The van der Waals surface area contributed by atoms with E-state index in [1.54, 1.807) is 0 Å². The standard InChI is InChI=1S/C16H23NO3/c1-3-14-13(9-17-16(4-2,10-18)11-19)12-7-5-6-8-15(12)20-14/h5-8,17-19H,3-4,9-11H2,1-2H3. The third kappa shape index (κ3) is 2.73. The Balaban J connectivity index is 2.29. The summed E-state index contributed by atoms with van der Waals surface area (Å²) in [6.07, 6.45) is 1.49. The fourth-order valence-electron chi connectivity index (χ4n) is 2.42. The van der Waals surface area contributed by atoms with E-state index in [4.69, 9.17) is 4.42 Å². The average Bonchev–Trinajstić information content (AvgIpc) is 2.87. The molecule has 2 rings (SSSR count). The van der Waals surface area contributed by atoms with E-state index in [1.807, 2.05) is 31.2 Å². The maximum absolute atomic E-state index is 9.50. The minimum atomic E-state index is -0.636. The van der Waals surface area contributed by atoms with E-state index in [0.29, 0.717) is 13.0 Å². The minimum absolute atomic E-state index is 0.0861. The van der Waals surface area contributed by atoms with Crippen molar-refractivity contribution in [3.63, 3.8) is 0 Å². The van der Waals surface area contributed by atoms with Gasteiger partial charge in [-0.3, -0.25) is 0 Å². The molecule has 1 aromatic carbocycles. The smallest absolute Gasteiger partial charge is 0.134 e. The van der Waals surface area contributed by atoms with E-state index in [1.165, 1.54) is 0 Å². The molecule has 0 saturated carbocycles. The van der Waals surface area contributed by atoms with E-state index in [0.717, 1.165) is 28.7 Å². The van der Waals surface area contributed by atoms with Crippen molar-refractivity contribution in [1.82, 2.24) is 5.32 Å². The summed E-state index contributed by atoms with van der Waals surface area (Å²) in [7, 11) is 0. The molecule has 0 aliphatic carbocycles. The number of hydrogen-bond acceptors (Lipinski definition) is 4. The summed E-state index contributed by atoms with van der Waals surface area (Å²) in [4.78, 5) is 0. The molecule has 3 N–H and O–H groups in total. The molecule has 0 aliphatic heterocycles. The van der Waals surface area contributed by atoms with Crippen LogP contribution in [0.1, 0.15) is 31.6 Å². The number of aryl methyl sites for hydroxylation is 1. The molecule has 1 aromatic heterocycles. The van der Waals surface area contributed by atoms with Gasteiger partial charge in [-0.25, -0.2) is 0 Å². The Hall–Kier alpha value is -1.36. The molecule has 0 unspecified atom stereocenters. The van der Waals surface area contributed by atoms with Crippen LogP contribution in [-0.2, 0) is 13.0 Å². The van der Waals surface area contributed by atoms with Crippen molar-refractivity contribution in [2.45, 2.75) is 38.8 Å². The molecule has 0 aliphatic rings. The van der Waals surface area contributed by atoms with Gasteiger partial charge in [-0.1, -0.05) is 32.0 Å². The van der Waals surface area contributed by atoms with Crippen molar-refractivity contribution < 1.29 is 14.6 Å². The molecular weight excluding hydrogens is 254 g/mol. The number of benzene rings is 1. The van der Waals surface area contributed by atoms with Crippen molar-refractivity contribution in [2.75, 3.05) is 13.2 Å². The van der Waals surface area contributed by atoms with Crippen LogP contribution in [0.3, 0.4) is 0 Å². The van der Waals surface area contributed by atoms with Gasteiger partial charge in [0.05, 0.1) is 18.8 Å². The quantitative estimate of drug-likeness (QED) is 0.726. The summed E-state index contributed by atoms with van der Waals surface area (Å²) < 4.78 is 5.85. The van der Waals surface area contributed by atoms with Gasteiger partial charge in [0.15, 0.2) is 0 Å². The first-order valence-corrected chi connectivity index (χ1v) is 7.15. The predicted molar refractivity (Wildman–Crippen MR) is 79.6 cm³/mol. The van der Waals surface area contributed by atoms with E-state index in [9.17, 15) is 10.2 Å². The number of aliphatic hydroxyl groups excluding tert-OH is 2. The van der Waals surface area contributed by atoms with Crippen LogP contribution in [0.5, 0.6) is 0 Å². The fraction of sp³-hybridized carbons (Fsp3) is 0.500. The second-order valence-electron chi connectivity index (χ2n) is 5.16. The largest absolute Gasteiger partial charge is 0.461 e. The van der Waals surface area contributed by atoms with Gasteiger partial charge in [0, 0.05) is 23.9 Å². The topological polar surface area (TPSA) is 65.6 Å². The number of rotatable bonds is 7. The monoisotopic (exact) mass is 277 g/mol. The molecule has 1 heterocycles. The highest BCUT2D eigenvalue weighted by atomic mass is 16.3. The summed E-state index contributed by atoms with van der Waals surface area (Å²) in [6.45, 7) is 4.42. The average molecular weight is 277 g/mol. The first-order chi connectivity index (χ1) is 9.69. The van der Waals surface area contributed by atoms with Crippen LogP contribution in [-0.4, -0.2) is 29.0 Å². The molecule has 0 atom stereocenters. The molecule has 0 saturated heterocycles. The Morgan fingerprint density at radius 3 is 2.45 bits per heavy atom. The molecule has 4 nitrogen and oxygen atoms in total. The van der Waals surface area contributed by atoms with E-state index in [2.05, 4.69) is 12.2 Å². The van der Waals surface area contributed by atoms with Crippen LogP contribution in [0.2, 0.25) is 0 Å². The molecule has 0 radical (unpaired) electrons. The SMILES string of the molecule is CCc1oc2ccccc2c1CNC(CC)(CO)CO. The van der Waals surface area contributed by atoms with Crippen molar-refractivity contribution in [1.29, 1.82) is 0 Å². The summed E-state index contributed by atoms with van der Waals surface area (Å²) >= 11 is 0. The Morgan fingerprint density at radius 1 is 1.15 bits per heavy atom. The molecule has 0 amide bonds. The summed E-state index contributed by atoms with van der Waals surface area (Å²) in [5, 5.41) is 23.4. The third-order valence-electron chi connectivity index (χ3n) is 4.03. The lowest BCUT2D eigenvalue weighted by molar-refractivity contribution is 0.0863. The molecule has 110 valence electrons. The summed E-state index contributed by atoms with van der Waals surface area (Å²) in [5.41, 5.74) is 1.36. The van der Waals surface area contributed by atoms with Crippen LogP contribution in [0, 0.1) is 0 Å². The molecular formula is C16H23NO3. The molecule has 0 spiro atoms. The molecule has 20 heavy (non-hydrogen) atoms. The van der Waals surface area contributed by atoms with Crippen LogP contribution in [0.4, 0.5) is 0 Å². The summed E-state index contributed by atoms with van der Waals surface area (Å²) in [6, 6.07) is 7.95. The molecule has 0 bridgehead atoms. The second-order valence-corrected chi connectivity index (χ2v) is 5.16. The van der Waals surface area contributed by atoms with Crippen LogP contribution in [0.15, 0.2) is 28.7 Å². The third-order valence-corrected chi connectivity index (χ3v) is 4.03. The number of para-hydroxylation sites is 1. The number of nitrogens with one attached hydrogen (secondary N) is 1. The maximum Gasteiger partial charge on any atom is 0.134 e. The van der Waals surface area contributed by atoms with Crippen molar-refractivity contribution in [3.8, 4) is 0 Å². The van der Waals surface area contributed by atoms with Crippen molar-refractivity contribution in [3.05, 3.63) is 35.6 Å². The highest BCUT2D eigenvalue weighted by molar-refractivity contribution is 5.82. The van der Waals surface area contributed by atoms with Gasteiger partial charge in [-0.15, -0.1) is 0 Å². The lowest BCUT2D eigenvalue weighted by Gasteiger charge is -2.29. The van der Waals surface area contributed by atoms with Crippen LogP contribution >= 0.6 is 0 Å². The van der Waals surface area contributed by atoms with Crippen LogP contribution < -0.4 is 5.32 Å². The Morgan fingerprint density at radius 2 is 1.85 bits per heavy atom. The van der Waals surface area contributed by atoms with Gasteiger partial charge >= 0.3 is 0 Å². The van der Waals surface area contributed by atoms with Gasteiger partial charge in [0.2, 0.25) is 0 Å². The zero-order chi connectivity index (χ0) is 14.6. The first kappa shape index (κ1) is 15.0. The Kier molecular flexibility index (Phi) is 4.81. The number of furan rings is 1. The second kappa shape index (κ2) is 6.39. The predicted octanol–water partition coefficient (Wildman–Crippen LogP) is 2.22. The number of hydrogen-bond donors (Lipinski definition) is 3. The van der Waals surface area contributed by atoms with E-state index >= 15 is 0 Å². The lowest BCUT2D eigenvalue weighted by Crippen LogP contribution is -2.50. The van der Waals surface area contributed by atoms with Crippen LogP contribution in [0.25, 0.3) is 11.0 Å². The fourth-order valence-corrected chi connectivity index (χ4v) is 2.42.